The van der Waals surface area contributed by atoms with Gasteiger partial charge >= 0.3 is 5.69 Å². The number of nitrogens with one attached hydrogen (secondary N) is 1. The molecule has 1 N–H and O–H groups in total. The highest BCUT2D eigenvalue weighted by molar-refractivity contribution is 5.26. The summed E-state index contributed by atoms with van der Waals surface area (Å²) in [6.07, 6.45) is 1.28. The lowest BCUT2D eigenvalue weighted by Crippen LogP contribution is -2.31. The van der Waals surface area contributed by atoms with E-state index in [-0.39, 0.29) is 0 Å². The maximum absolute atomic E-state index is 11.3. The molecule has 0 aliphatic carbocycles. The second kappa shape index (κ2) is 4.06. The lowest BCUT2D eigenvalue weighted by atomic mass is 10.2. The molecule has 2 rings (SSSR count). The first-order valence-electron chi connectivity index (χ1n) is 4.72. The second-order valence-corrected chi connectivity index (χ2v) is 3.34. The monoisotopic (exact) mass is 218 g/mol. The SMILES string of the molecule is Cc1ccc(On2ccc(=O)[nH]c2=O)cc1. The minimum absolute atomic E-state index is 0.450. The van der Waals surface area contributed by atoms with Crippen molar-refractivity contribution in [3.05, 3.63) is 62.9 Å². The molecule has 0 fully saturated rings. The number of aromatic nitrogens is 2. The van der Waals surface area contributed by atoms with Crippen LogP contribution in [0.2, 0.25) is 0 Å². The number of H-pyrrole nitrogens is 1. The fraction of sp³-hybridized carbons (Fsp3) is 0.0909. The summed E-state index contributed by atoms with van der Waals surface area (Å²) in [5, 5.41) is 0. The Morgan fingerprint density at radius 2 is 1.81 bits per heavy atom. The predicted octanol–water partition coefficient (Wildman–Crippen LogP) is 0.687. The molecule has 2 aromatic rings. The molecule has 0 saturated carbocycles. The summed E-state index contributed by atoms with van der Waals surface area (Å²) < 4.78 is 0.964. The third-order valence-corrected chi connectivity index (χ3v) is 2.02. The van der Waals surface area contributed by atoms with Crippen LogP contribution >= 0.6 is 0 Å². The average molecular weight is 218 g/mol. The standard InChI is InChI=1S/C11H10N2O3/c1-8-2-4-9(5-3-8)16-13-7-6-10(14)12-11(13)15/h2-7H,1H3,(H,12,14,15). The van der Waals surface area contributed by atoms with Crippen molar-refractivity contribution >= 4 is 0 Å². The third kappa shape index (κ3) is 2.20. The molecule has 0 bridgehead atoms. The van der Waals surface area contributed by atoms with Crippen molar-refractivity contribution < 1.29 is 4.84 Å². The van der Waals surface area contributed by atoms with Crippen molar-refractivity contribution in [2.45, 2.75) is 6.92 Å². The van der Waals surface area contributed by atoms with Gasteiger partial charge in [0, 0.05) is 6.07 Å². The summed E-state index contributed by atoms with van der Waals surface area (Å²) in [6.45, 7) is 1.95. The van der Waals surface area contributed by atoms with Crippen LogP contribution in [0, 0.1) is 6.92 Å². The summed E-state index contributed by atoms with van der Waals surface area (Å²) in [7, 11) is 0. The van der Waals surface area contributed by atoms with E-state index in [1.807, 2.05) is 19.1 Å². The number of rotatable bonds is 2. The van der Waals surface area contributed by atoms with Gasteiger partial charge in [-0.1, -0.05) is 17.7 Å². The molecule has 0 aliphatic rings. The Bertz CT molecular complexity index is 596. The van der Waals surface area contributed by atoms with Gasteiger partial charge in [0.15, 0.2) is 5.75 Å². The van der Waals surface area contributed by atoms with Gasteiger partial charge in [-0.3, -0.25) is 9.78 Å². The van der Waals surface area contributed by atoms with Crippen LogP contribution in [0.25, 0.3) is 0 Å². The largest absolute Gasteiger partial charge is 0.371 e. The zero-order valence-electron chi connectivity index (χ0n) is 8.64. The molecule has 0 aliphatic heterocycles. The van der Waals surface area contributed by atoms with Crippen LogP contribution in [0.15, 0.2) is 46.1 Å². The van der Waals surface area contributed by atoms with Gasteiger partial charge in [0.05, 0.1) is 6.20 Å². The van der Waals surface area contributed by atoms with E-state index in [9.17, 15) is 9.59 Å². The molecule has 16 heavy (non-hydrogen) atoms. The van der Waals surface area contributed by atoms with Crippen molar-refractivity contribution in [3.63, 3.8) is 0 Å². The highest BCUT2D eigenvalue weighted by atomic mass is 16.7. The van der Waals surface area contributed by atoms with Crippen LogP contribution in [0.3, 0.4) is 0 Å². The summed E-state index contributed by atoms with van der Waals surface area (Å²) in [5.41, 5.74) is 0.0444. The van der Waals surface area contributed by atoms with Crippen molar-refractivity contribution in [1.82, 2.24) is 9.71 Å². The normalized spacial score (nSPS) is 10.1. The van der Waals surface area contributed by atoms with Gasteiger partial charge in [-0.25, -0.2) is 4.79 Å². The molecule has 1 aromatic carbocycles. The summed E-state index contributed by atoms with van der Waals surface area (Å²) in [4.78, 5) is 29.5. The van der Waals surface area contributed by atoms with Crippen LogP contribution in [0.5, 0.6) is 5.75 Å². The number of hydrogen-bond acceptors (Lipinski definition) is 3. The van der Waals surface area contributed by atoms with Crippen molar-refractivity contribution in [1.29, 1.82) is 0 Å². The number of nitrogens with zero attached hydrogens (tertiary/aromatic N) is 1. The van der Waals surface area contributed by atoms with E-state index in [2.05, 4.69) is 4.98 Å². The smallest absolute Gasteiger partial charge is 0.361 e. The Morgan fingerprint density at radius 1 is 1.12 bits per heavy atom. The van der Waals surface area contributed by atoms with Gasteiger partial charge in [0.2, 0.25) is 0 Å². The number of aromatic amines is 1. The van der Waals surface area contributed by atoms with Crippen molar-refractivity contribution in [2.75, 3.05) is 0 Å². The fourth-order valence-corrected chi connectivity index (χ4v) is 1.19. The molecule has 0 saturated heterocycles. The second-order valence-electron chi connectivity index (χ2n) is 3.34. The molecule has 82 valence electrons. The Hall–Kier alpha value is -2.30. The van der Waals surface area contributed by atoms with Gasteiger partial charge in [-0.05, 0) is 19.1 Å². The summed E-state index contributed by atoms with van der Waals surface area (Å²) >= 11 is 0. The van der Waals surface area contributed by atoms with E-state index in [4.69, 9.17) is 4.84 Å². The van der Waals surface area contributed by atoms with E-state index in [1.165, 1.54) is 12.3 Å². The molecule has 5 nitrogen and oxygen atoms in total. The first-order chi connectivity index (χ1) is 7.65. The topological polar surface area (TPSA) is 64.1 Å². The highest BCUT2D eigenvalue weighted by Crippen LogP contribution is 2.10. The van der Waals surface area contributed by atoms with Gasteiger partial charge in [0.1, 0.15) is 0 Å². The lowest BCUT2D eigenvalue weighted by Gasteiger charge is -2.06. The van der Waals surface area contributed by atoms with Gasteiger partial charge in [0.25, 0.3) is 5.56 Å². The van der Waals surface area contributed by atoms with Crippen LogP contribution < -0.4 is 16.1 Å². The molecular formula is C11H10N2O3. The summed E-state index contributed by atoms with van der Waals surface area (Å²) in [6, 6.07) is 8.44. The maximum Gasteiger partial charge on any atom is 0.361 e. The van der Waals surface area contributed by atoms with Crippen LogP contribution in [-0.4, -0.2) is 9.71 Å². The van der Waals surface area contributed by atoms with Crippen LogP contribution in [0.1, 0.15) is 5.56 Å². The predicted molar refractivity (Wildman–Crippen MR) is 58.5 cm³/mol. The van der Waals surface area contributed by atoms with Crippen LogP contribution in [0.4, 0.5) is 0 Å². The van der Waals surface area contributed by atoms with Crippen molar-refractivity contribution in [3.8, 4) is 5.75 Å². The van der Waals surface area contributed by atoms with E-state index < -0.39 is 11.2 Å². The van der Waals surface area contributed by atoms with E-state index in [0.717, 1.165) is 10.3 Å². The highest BCUT2D eigenvalue weighted by Gasteiger charge is 1.98. The van der Waals surface area contributed by atoms with E-state index in [1.54, 1.807) is 12.1 Å². The molecule has 0 amide bonds. The maximum atomic E-state index is 11.3. The number of benzene rings is 1. The lowest BCUT2D eigenvalue weighted by molar-refractivity contribution is 0.199. The Morgan fingerprint density at radius 3 is 2.44 bits per heavy atom. The Balaban J connectivity index is 2.30. The molecule has 1 aromatic heterocycles. The molecule has 1 heterocycles. The minimum atomic E-state index is -0.604. The Kier molecular flexibility index (Phi) is 2.59. The molecule has 0 unspecified atom stereocenters. The first-order valence-corrected chi connectivity index (χ1v) is 4.72. The molecule has 5 heteroatoms. The zero-order chi connectivity index (χ0) is 11.5. The van der Waals surface area contributed by atoms with Gasteiger partial charge < -0.3 is 4.84 Å². The van der Waals surface area contributed by atoms with E-state index in [0.29, 0.717) is 5.75 Å². The molecule has 0 spiro atoms. The number of hydrogen-bond donors (Lipinski definition) is 1. The van der Waals surface area contributed by atoms with Gasteiger partial charge in [-0.15, -0.1) is 4.73 Å². The van der Waals surface area contributed by atoms with Crippen molar-refractivity contribution in [2.24, 2.45) is 0 Å². The number of aryl methyl sites for hydroxylation is 1. The quantitative estimate of drug-likeness (QED) is 0.806. The third-order valence-electron chi connectivity index (χ3n) is 2.02. The van der Waals surface area contributed by atoms with Crippen LogP contribution in [-0.2, 0) is 0 Å². The molecule has 0 radical (unpaired) electrons. The Labute approximate surface area is 90.9 Å². The average Bonchev–Trinajstić information content (AvgIpc) is 2.25. The first kappa shape index (κ1) is 10.2. The summed E-state index contributed by atoms with van der Waals surface area (Å²) in [5.74, 6) is 0.528. The fourth-order valence-electron chi connectivity index (χ4n) is 1.19. The van der Waals surface area contributed by atoms with Gasteiger partial charge in [-0.2, -0.15) is 0 Å². The zero-order valence-corrected chi connectivity index (χ0v) is 8.64. The molecular weight excluding hydrogens is 208 g/mol. The minimum Gasteiger partial charge on any atom is -0.371 e. The van der Waals surface area contributed by atoms with E-state index >= 15 is 0 Å². The molecule has 0 atom stereocenters.